The highest BCUT2D eigenvalue weighted by Gasteiger charge is 2.26. The molecule has 1 unspecified atom stereocenters. The van der Waals surface area contributed by atoms with Gasteiger partial charge in [0.25, 0.3) is 0 Å². The Morgan fingerprint density at radius 1 is 1.00 bits per heavy atom. The van der Waals surface area contributed by atoms with Crippen LogP contribution in [0.1, 0.15) is 23.1 Å². The number of halogens is 2. The number of aliphatic hydroxyl groups is 1. The average Bonchev–Trinajstić information content (AvgIpc) is 2.67. The van der Waals surface area contributed by atoms with E-state index in [4.69, 9.17) is 6.42 Å². The Morgan fingerprint density at radius 3 is 2.41 bits per heavy atom. The molecular weight excluding hydrogens is 346 g/mol. The summed E-state index contributed by atoms with van der Waals surface area (Å²) in [6.07, 6.45) is 6.05. The van der Waals surface area contributed by atoms with Crippen LogP contribution in [0, 0.1) is 24.0 Å². The summed E-state index contributed by atoms with van der Waals surface area (Å²) in [5.74, 6) is 0.973. The zero-order valence-electron chi connectivity index (χ0n) is 15.2. The van der Waals surface area contributed by atoms with Crippen molar-refractivity contribution in [2.45, 2.75) is 25.6 Å². The summed E-state index contributed by atoms with van der Waals surface area (Å²) in [4.78, 5) is 4.59. The molecule has 0 spiro atoms. The molecule has 0 aromatic heterocycles. The fourth-order valence-electron chi connectivity index (χ4n) is 3.57. The SMILES string of the molecule is C#Cc1ccc(CN2CCN(Cc3ccc(F)c(F)c3)C(CCO)C2)cc1. The van der Waals surface area contributed by atoms with E-state index in [1.54, 1.807) is 6.07 Å². The van der Waals surface area contributed by atoms with Crippen molar-refractivity contribution in [1.82, 2.24) is 9.80 Å². The predicted molar refractivity (Wildman–Crippen MR) is 102 cm³/mol. The lowest BCUT2D eigenvalue weighted by molar-refractivity contribution is 0.0499. The molecular formula is C22H24F2N2O. The van der Waals surface area contributed by atoms with E-state index in [0.29, 0.717) is 13.0 Å². The van der Waals surface area contributed by atoms with Gasteiger partial charge in [-0.05, 0) is 41.8 Å². The third kappa shape index (κ3) is 5.14. The van der Waals surface area contributed by atoms with Crippen LogP contribution in [0.4, 0.5) is 8.78 Å². The molecule has 1 saturated heterocycles. The Labute approximate surface area is 159 Å². The molecule has 0 saturated carbocycles. The van der Waals surface area contributed by atoms with Gasteiger partial charge >= 0.3 is 0 Å². The second-order valence-corrected chi connectivity index (χ2v) is 6.96. The van der Waals surface area contributed by atoms with Crippen LogP contribution in [-0.4, -0.2) is 47.2 Å². The van der Waals surface area contributed by atoms with Crippen LogP contribution in [0.3, 0.4) is 0 Å². The van der Waals surface area contributed by atoms with Gasteiger partial charge in [0.15, 0.2) is 11.6 Å². The number of nitrogens with zero attached hydrogens (tertiary/aromatic N) is 2. The van der Waals surface area contributed by atoms with E-state index in [-0.39, 0.29) is 12.6 Å². The first-order valence-corrected chi connectivity index (χ1v) is 9.16. The summed E-state index contributed by atoms with van der Waals surface area (Å²) < 4.78 is 26.6. The number of hydrogen-bond acceptors (Lipinski definition) is 3. The Hall–Kier alpha value is -2.26. The zero-order chi connectivity index (χ0) is 19.2. The molecule has 142 valence electrons. The first-order chi connectivity index (χ1) is 13.1. The molecule has 2 aromatic rings. The fraction of sp³-hybridized carbons (Fsp3) is 0.364. The van der Waals surface area contributed by atoms with Crippen molar-refractivity contribution in [3.05, 3.63) is 70.8 Å². The first kappa shape index (κ1) is 19.5. The molecule has 1 aliphatic heterocycles. The summed E-state index contributed by atoms with van der Waals surface area (Å²) in [5, 5.41) is 9.44. The highest BCUT2D eigenvalue weighted by Crippen LogP contribution is 2.19. The topological polar surface area (TPSA) is 26.7 Å². The minimum Gasteiger partial charge on any atom is -0.396 e. The monoisotopic (exact) mass is 370 g/mol. The second-order valence-electron chi connectivity index (χ2n) is 6.96. The molecule has 1 N–H and O–H groups in total. The van der Waals surface area contributed by atoms with Crippen LogP contribution >= 0.6 is 0 Å². The number of aliphatic hydroxyl groups excluding tert-OH is 1. The molecule has 3 rings (SSSR count). The summed E-state index contributed by atoms with van der Waals surface area (Å²) in [7, 11) is 0. The summed E-state index contributed by atoms with van der Waals surface area (Å²) >= 11 is 0. The summed E-state index contributed by atoms with van der Waals surface area (Å²) in [5.41, 5.74) is 2.81. The number of terminal acetylenes is 1. The first-order valence-electron chi connectivity index (χ1n) is 9.16. The Kier molecular flexibility index (Phi) is 6.57. The molecule has 0 amide bonds. The van der Waals surface area contributed by atoms with Gasteiger partial charge in [0, 0.05) is 50.9 Å². The Balaban J connectivity index is 1.63. The standard InChI is InChI=1S/C22H24F2N2O/c1-2-17-3-5-18(6-4-17)14-25-10-11-26(20(16-25)9-12-27)15-19-7-8-21(23)22(24)13-19/h1,3-8,13,20,27H,9-12,14-16H2. The molecule has 0 aliphatic carbocycles. The van der Waals surface area contributed by atoms with Crippen molar-refractivity contribution < 1.29 is 13.9 Å². The van der Waals surface area contributed by atoms with Crippen molar-refractivity contribution in [1.29, 1.82) is 0 Å². The van der Waals surface area contributed by atoms with Gasteiger partial charge in [-0.15, -0.1) is 6.42 Å². The van der Waals surface area contributed by atoms with Gasteiger partial charge in [-0.25, -0.2) is 8.78 Å². The van der Waals surface area contributed by atoms with Gasteiger partial charge in [-0.2, -0.15) is 0 Å². The van der Waals surface area contributed by atoms with Crippen LogP contribution in [0.25, 0.3) is 0 Å². The van der Waals surface area contributed by atoms with E-state index in [1.807, 2.05) is 24.3 Å². The van der Waals surface area contributed by atoms with Crippen LogP contribution < -0.4 is 0 Å². The lowest BCUT2D eigenvalue weighted by Crippen LogP contribution is -2.52. The van der Waals surface area contributed by atoms with E-state index in [1.165, 1.54) is 17.7 Å². The van der Waals surface area contributed by atoms with Crippen LogP contribution in [0.15, 0.2) is 42.5 Å². The molecule has 3 nitrogen and oxygen atoms in total. The van der Waals surface area contributed by atoms with E-state index in [2.05, 4.69) is 15.7 Å². The number of piperazine rings is 1. The lowest BCUT2D eigenvalue weighted by Gasteiger charge is -2.41. The molecule has 1 atom stereocenters. The van der Waals surface area contributed by atoms with E-state index in [0.717, 1.165) is 37.3 Å². The van der Waals surface area contributed by atoms with Gasteiger partial charge in [0.2, 0.25) is 0 Å². The van der Waals surface area contributed by atoms with Gasteiger partial charge in [0.1, 0.15) is 0 Å². The maximum atomic E-state index is 13.5. The van der Waals surface area contributed by atoms with Gasteiger partial charge in [0.05, 0.1) is 0 Å². The molecule has 1 fully saturated rings. The summed E-state index contributed by atoms with van der Waals surface area (Å²) in [6.45, 7) is 3.98. The van der Waals surface area contributed by atoms with E-state index < -0.39 is 11.6 Å². The van der Waals surface area contributed by atoms with Gasteiger partial charge in [-0.1, -0.05) is 24.1 Å². The summed E-state index contributed by atoms with van der Waals surface area (Å²) in [6, 6.07) is 12.2. The molecule has 2 aromatic carbocycles. The number of hydrogen-bond donors (Lipinski definition) is 1. The van der Waals surface area contributed by atoms with Crippen molar-refractivity contribution in [2.75, 3.05) is 26.2 Å². The van der Waals surface area contributed by atoms with Crippen molar-refractivity contribution in [2.24, 2.45) is 0 Å². The highest BCUT2D eigenvalue weighted by atomic mass is 19.2. The molecule has 0 radical (unpaired) electrons. The van der Waals surface area contributed by atoms with Crippen molar-refractivity contribution >= 4 is 0 Å². The molecule has 27 heavy (non-hydrogen) atoms. The van der Waals surface area contributed by atoms with Crippen LogP contribution in [0.5, 0.6) is 0 Å². The smallest absolute Gasteiger partial charge is 0.159 e. The third-order valence-corrected chi connectivity index (χ3v) is 5.05. The fourth-order valence-corrected chi connectivity index (χ4v) is 3.57. The largest absolute Gasteiger partial charge is 0.396 e. The molecule has 0 bridgehead atoms. The molecule has 1 aliphatic rings. The number of rotatable bonds is 6. The number of benzene rings is 2. The quantitative estimate of drug-likeness (QED) is 0.792. The van der Waals surface area contributed by atoms with Crippen LogP contribution in [-0.2, 0) is 13.1 Å². The molecule has 1 heterocycles. The van der Waals surface area contributed by atoms with Crippen molar-refractivity contribution in [3.8, 4) is 12.3 Å². The minimum atomic E-state index is -0.827. The Bertz CT molecular complexity index is 801. The maximum Gasteiger partial charge on any atom is 0.159 e. The van der Waals surface area contributed by atoms with Crippen molar-refractivity contribution in [3.63, 3.8) is 0 Å². The lowest BCUT2D eigenvalue weighted by atomic mass is 10.1. The average molecular weight is 370 g/mol. The maximum absolute atomic E-state index is 13.5. The normalized spacial score (nSPS) is 18.4. The highest BCUT2D eigenvalue weighted by molar-refractivity contribution is 5.34. The predicted octanol–water partition coefficient (Wildman–Crippen LogP) is 3.01. The Morgan fingerprint density at radius 2 is 1.74 bits per heavy atom. The van der Waals surface area contributed by atoms with Gasteiger partial charge in [-0.3, -0.25) is 9.80 Å². The van der Waals surface area contributed by atoms with Crippen LogP contribution in [0.2, 0.25) is 0 Å². The molecule has 5 heteroatoms. The third-order valence-electron chi connectivity index (χ3n) is 5.05. The minimum absolute atomic E-state index is 0.101. The van der Waals surface area contributed by atoms with E-state index >= 15 is 0 Å². The second kappa shape index (κ2) is 9.09. The van der Waals surface area contributed by atoms with E-state index in [9.17, 15) is 13.9 Å². The zero-order valence-corrected chi connectivity index (χ0v) is 15.2. The van der Waals surface area contributed by atoms with Gasteiger partial charge < -0.3 is 5.11 Å².